The molecule has 0 saturated heterocycles. The Bertz CT molecular complexity index is 805. The van der Waals surface area contributed by atoms with E-state index in [1.165, 1.54) is 12.8 Å². The van der Waals surface area contributed by atoms with Crippen LogP contribution in [0.2, 0.25) is 0 Å². The molecule has 0 bridgehead atoms. The highest BCUT2D eigenvalue weighted by Gasteiger charge is 2.21. The number of imidazole rings is 1. The van der Waals surface area contributed by atoms with Crippen molar-refractivity contribution in [3.63, 3.8) is 0 Å². The van der Waals surface area contributed by atoms with E-state index >= 15 is 0 Å². The third-order valence-electron chi connectivity index (χ3n) is 3.98. The molecule has 3 heterocycles. The summed E-state index contributed by atoms with van der Waals surface area (Å²) in [4.78, 5) is 15.7. The van der Waals surface area contributed by atoms with E-state index in [9.17, 15) is 5.11 Å². The van der Waals surface area contributed by atoms with Gasteiger partial charge in [0.1, 0.15) is 11.4 Å². The second-order valence-corrected chi connectivity index (χ2v) is 5.75. The van der Waals surface area contributed by atoms with Crippen LogP contribution in [0.3, 0.4) is 0 Å². The Hall–Kier alpha value is -2.83. The van der Waals surface area contributed by atoms with Gasteiger partial charge >= 0.3 is 0 Å². The predicted molar refractivity (Wildman–Crippen MR) is 88.3 cm³/mol. The molecule has 3 N–H and O–H groups in total. The fraction of sp³-hybridized carbons (Fsp3) is 0.312. The molecular formula is C16H17N5O2. The van der Waals surface area contributed by atoms with Gasteiger partial charge in [-0.15, -0.1) is 0 Å². The van der Waals surface area contributed by atoms with Crippen LogP contribution >= 0.6 is 0 Å². The van der Waals surface area contributed by atoms with Crippen molar-refractivity contribution in [2.75, 3.05) is 19.0 Å². The first kappa shape index (κ1) is 13.8. The number of allylic oxidation sites excluding steroid dienone is 1. The molecule has 1 saturated carbocycles. The molecule has 1 aliphatic heterocycles. The van der Waals surface area contributed by atoms with Gasteiger partial charge in [0.15, 0.2) is 5.82 Å². The minimum absolute atomic E-state index is 0.0338. The minimum Gasteiger partial charge on any atom is -0.495 e. The first-order chi connectivity index (χ1) is 11.2. The summed E-state index contributed by atoms with van der Waals surface area (Å²) in [6.07, 6.45) is 7.68. The minimum atomic E-state index is -0.0338. The molecule has 2 aliphatic rings. The molecule has 1 aliphatic carbocycles. The Morgan fingerprint density at radius 1 is 1.48 bits per heavy atom. The summed E-state index contributed by atoms with van der Waals surface area (Å²) in [5, 5.41) is 13.2. The third-order valence-corrected chi connectivity index (χ3v) is 3.98. The fourth-order valence-corrected chi connectivity index (χ4v) is 2.46. The van der Waals surface area contributed by atoms with Crippen LogP contribution in [-0.4, -0.2) is 39.9 Å². The first-order valence-electron chi connectivity index (χ1n) is 7.56. The molecule has 1 fully saturated rings. The molecule has 23 heavy (non-hydrogen) atoms. The SMILES string of the molecule is COc1cnc2c(c1)C(=Cc1[nH]c(NCC3CC3)nc1O)C=N2. The fourth-order valence-electron chi connectivity index (χ4n) is 2.46. The molecule has 0 spiro atoms. The predicted octanol–water partition coefficient (Wildman–Crippen LogP) is 2.60. The number of hydrogen-bond donors (Lipinski definition) is 3. The van der Waals surface area contributed by atoms with E-state index in [4.69, 9.17) is 4.74 Å². The second-order valence-electron chi connectivity index (χ2n) is 5.75. The largest absolute Gasteiger partial charge is 0.495 e. The number of H-pyrrole nitrogens is 1. The molecule has 0 atom stereocenters. The number of rotatable bonds is 5. The van der Waals surface area contributed by atoms with Crippen LogP contribution in [-0.2, 0) is 0 Å². The average molecular weight is 311 g/mol. The number of anilines is 1. The summed E-state index contributed by atoms with van der Waals surface area (Å²) in [5.41, 5.74) is 2.25. The molecule has 0 aromatic carbocycles. The van der Waals surface area contributed by atoms with E-state index in [2.05, 4.69) is 25.3 Å². The highest BCUT2D eigenvalue weighted by Crippen LogP contribution is 2.34. The lowest BCUT2D eigenvalue weighted by Gasteiger charge is -2.02. The molecule has 7 nitrogen and oxygen atoms in total. The lowest BCUT2D eigenvalue weighted by molar-refractivity contribution is 0.413. The Morgan fingerprint density at radius 2 is 2.35 bits per heavy atom. The number of nitrogens with zero attached hydrogens (tertiary/aromatic N) is 3. The van der Waals surface area contributed by atoms with Crippen molar-refractivity contribution in [2.45, 2.75) is 12.8 Å². The van der Waals surface area contributed by atoms with Crippen molar-refractivity contribution in [3.8, 4) is 11.6 Å². The number of pyridine rings is 1. The van der Waals surface area contributed by atoms with Crippen LogP contribution in [0, 0.1) is 5.92 Å². The van der Waals surface area contributed by atoms with Crippen LogP contribution in [0.5, 0.6) is 11.6 Å². The van der Waals surface area contributed by atoms with Gasteiger partial charge in [0.25, 0.3) is 0 Å². The van der Waals surface area contributed by atoms with Crippen molar-refractivity contribution in [1.29, 1.82) is 0 Å². The molecular weight excluding hydrogens is 294 g/mol. The van der Waals surface area contributed by atoms with Gasteiger partial charge in [0.2, 0.25) is 11.8 Å². The van der Waals surface area contributed by atoms with Crippen molar-refractivity contribution >= 4 is 29.6 Å². The maximum atomic E-state index is 10.0. The average Bonchev–Trinajstić information content (AvgIpc) is 3.22. The zero-order valence-corrected chi connectivity index (χ0v) is 12.7. The van der Waals surface area contributed by atoms with Crippen molar-refractivity contribution in [2.24, 2.45) is 10.9 Å². The normalized spacial score (nSPS) is 17.5. The number of aromatic amines is 1. The molecule has 2 aromatic heterocycles. The summed E-state index contributed by atoms with van der Waals surface area (Å²) in [5.74, 6) is 2.59. The van der Waals surface area contributed by atoms with E-state index in [1.807, 2.05) is 6.07 Å². The van der Waals surface area contributed by atoms with Crippen molar-refractivity contribution in [1.82, 2.24) is 15.0 Å². The van der Waals surface area contributed by atoms with E-state index in [1.54, 1.807) is 25.6 Å². The summed E-state index contributed by atoms with van der Waals surface area (Å²) in [6.45, 7) is 0.883. The molecule has 0 unspecified atom stereocenters. The number of aromatic hydroxyl groups is 1. The summed E-state index contributed by atoms with van der Waals surface area (Å²) in [6, 6.07) is 1.88. The maximum Gasteiger partial charge on any atom is 0.238 e. The molecule has 2 aromatic rings. The Labute approximate surface area is 133 Å². The molecule has 4 rings (SSSR count). The number of hydrogen-bond acceptors (Lipinski definition) is 6. The van der Waals surface area contributed by atoms with Gasteiger partial charge in [-0.2, -0.15) is 4.98 Å². The smallest absolute Gasteiger partial charge is 0.238 e. The van der Waals surface area contributed by atoms with Gasteiger partial charge in [0, 0.05) is 23.9 Å². The number of nitrogens with one attached hydrogen (secondary N) is 2. The van der Waals surface area contributed by atoms with Gasteiger partial charge < -0.3 is 20.1 Å². The molecule has 0 amide bonds. The van der Waals surface area contributed by atoms with E-state index < -0.39 is 0 Å². The van der Waals surface area contributed by atoms with Gasteiger partial charge in [-0.3, -0.25) is 0 Å². The van der Waals surface area contributed by atoms with E-state index in [0.29, 0.717) is 23.2 Å². The second kappa shape index (κ2) is 5.42. The summed E-state index contributed by atoms with van der Waals surface area (Å²) in [7, 11) is 1.60. The highest BCUT2D eigenvalue weighted by molar-refractivity contribution is 6.21. The monoisotopic (exact) mass is 311 g/mol. The van der Waals surface area contributed by atoms with Crippen LogP contribution in [0.1, 0.15) is 24.1 Å². The van der Waals surface area contributed by atoms with Gasteiger partial charge in [-0.1, -0.05) is 0 Å². The first-order valence-corrected chi connectivity index (χ1v) is 7.56. The van der Waals surface area contributed by atoms with Gasteiger partial charge in [-0.05, 0) is 30.9 Å². The van der Waals surface area contributed by atoms with E-state index in [-0.39, 0.29) is 5.88 Å². The van der Waals surface area contributed by atoms with Crippen LogP contribution in [0.4, 0.5) is 11.8 Å². The Kier molecular flexibility index (Phi) is 3.25. The van der Waals surface area contributed by atoms with Crippen LogP contribution < -0.4 is 10.1 Å². The lowest BCUT2D eigenvalue weighted by atomic mass is 10.1. The highest BCUT2D eigenvalue weighted by atomic mass is 16.5. The molecule has 7 heteroatoms. The number of fused-ring (bicyclic) bond motifs is 1. The molecule has 0 radical (unpaired) electrons. The topological polar surface area (TPSA) is 95.4 Å². The number of aromatic nitrogens is 3. The lowest BCUT2D eigenvalue weighted by Crippen LogP contribution is -2.04. The number of aliphatic imine (C=N–C) groups is 1. The maximum absolute atomic E-state index is 10.0. The van der Waals surface area contributed by atoms with Crippen molar-refractivity contribution in [3.05, 3.63) is 23.5 Å². The molecule has 118 valence electrons. The summed E-state index contributed by atoms with van der Waals surface area (Å²) >= 11 is 0. The van der Waals surface area contributed by atoms with Crippen LogP contribution in [0.25, 0.3) is 11.6 Å². The quantitative estimate of drug-likeness (QED) is 0.789. The zero-order valence-electron chi connectivity index (χ0n) is 12.7. The number of methoxy groups -OCH3 is 1. The third kappa shape index (κ3) is 2.77. The Morgan fingerprint density at radius 3 is 3.13 bits per heavy atom. The van der Waals surface area contributed by atoms with Gasteiger partial charge in [0.05, 0.1) is 13.3 Å². The van der Waals surface area contributed by atoms with E-state index in [0.717, 1.165) is 23.6 Å². The van der Waals surface area contributed by atoms with Gasteiger partial charge in [-0.25, -0.2) is 9.98 Å². The van der Waals surface area contributed by atoms with Crippen molar-refractivity contribution < 1.29 is 9.84 Å². The zero-order chi connectivity index (χ0) is 15.8. The number of ether oxygens (including phenoxy) is 1. The van der Waals surface area contributed by atoms with Crippen LogP contribution in [0.15, 0.2) is 17.3 Å². The standard InChI is InChI=1S/C16H17N5O2/c1-23-11-5-12-10(7-17-14(12)18-8-11)4-13-15(22)21-16(20-13)19-6-9-2-3-9/h4-5,7-9,22H,2-3,6H2,1H3,(H2,19,20,21). The Balaban J connectivity index is 1.60. The summed E-state index contributed by atoms with van der Waals surface area (Å²) < 4.78 is 5.20.